The number of aromatic nitrogens is 3. The molecule has 0 saturated carbocycles. The van der Waals surface area contributed by atoms with Crippen LogP contribution in [0.2, 0.25) is 0 Å². The SMILES string of the molecule is CSCCc1nc([C@@H]2CCOC2)n(CC(=O)O)n1. The molecule has 2 heterocycles. The zero-order chi connectivity index (χ0) is 13.0. The average Bonchev–Trinajstić information content (AvgIpc) is 2.94. The molecule has 1 aromatic heterocycles. The number of aryl methyl sites for hydroxylation is 1. The minimum absolute atomic E-state index is 0.127. The van der Waals surface area contributed by atoms with Crippen LogP contribution in [0, 0.1) is 0 Å². The molecule has 1 fully saturated rings. The molecule has 0 aromatic carbocycles. The van der Waals surface area contributed by atoms with E-state index in [4.69, 9.17) is 9.84 Å². The third kappa shape index (κ3) is 3.23. The molecule has 1 atom stereocenters. The zero-order valence-electron chi connectivity index (χ0n) is 10.3. The summed E-state index contributed by atoms with van der Waals surface area (Å²) in [7, 11) is 0. The Labute approximate surface area is 110 Å². The van der Waals surface area contributed by atoms with Crippen LogP contribution in [0.3, 0.4) is 0 Å². The highest BCUT2D eigenvalue weighted by atomic mass is 32.2. The lowest BCUT2D eigenvalue weighted by molar-refractivity contribution is -0.137. The first kappa shape index (κ1) is 13.4. The summed E-state index contributed by atoms with van der Waals surface area (Å²) in [6, 6.07) is 0. The first-order valence-electron chi connectivity index (χ1n) is 5.92. The average molecular weight is 271 g/mol. The summed E-state index contributed by atoms with van der Waals surface area (Å²) in [5, 5.41) is 13.2. The third-order valence-electron chi connectivity index (χ3n) is 2.85. The van der Waals surface area contributed by atoms with Gasteiger partial charge in [-0.15, -0.1) is 0 Å². The number of aliphatic carboxylic acids is 1. The van der Waals surface area contributed by atoms with Crippen molar-refractivity contribution in [3.63, 3.8) is 0 Å². The number of carboxylic acid groups (broad SMARTS) is 1. The van der Waals surface area contributed by atoms with E-state index in [2.05, 4.69) is 10.1 Å². The molecule has 0 spiro atoms. The molecule has 2 rings (SSSR count). The highest BCUT2D eigenvalue weighted by molar-refractivity contribution is 7.98. The molecule has 100 valence electrons. The standard InChI is InChI=1S/C11H17N3O3S/c1-18-5-3-9-12-11(8-2-4-17-7-8)14(13-9)6-10(15)16/h8H,2-7H2,1H3,(H,15,16)/t8-/m1/s1. The molecule has 1 aliphatic heterocycles. The third-order valence-corrected chi connectivity index (χ3v) is 3.47. The molecule has 6 nitrogen and oxygen atoms in total. The predicted octanol–water partition coefficient (Wildman–Crippen LogP) is 0.772. The summed E-state index contributed by atoms with van der Waals surface area (Å²) in [5.74, 6) is 1.72. The lowest BCUT2D eigenvalue weighted by Gasteiger charge is -2.07. The predicted molar refractivity (Wildman–Crippen MR) is 67.9 cm³/mol. The topological polar surface area (TPSA) is 77.2 Å². The quantitative estimate of drug-likeness (QED) is 0.823. The first-order valence-corrected chi connectivity index (χ1v) is 7.32. The van der Waals surface area contributed by atoms with E-state index in [1.807, 2.05) is 6.26 Å². The lowest BCUT2D eigenvalue weighted by Crippen LogP contribution is -2.16. The van der Waals surface area contributed by atoms with Crippen molar-refractivity contribution in [2.45, 2.75) is 25.3 Å². The van der Waals surface area contributed by atoms with Crippen LogP contribution in [0.4, 0.5) is 0 Å². The van der Waals surface area contributed by atoms with Crippen molar-refractivity contribution < 1.29 is 14.6 Å². The van der Waals surface area contributed by atoms with Crippen LogP contribution >= 0.6 is 11.8 Å². The maximum atomic E-state index is 10.8. The van der Waals surface area contributed by atoms with Crippen molar-refractivity contribution in [3.05, 3.63) is 11.6 Å². The monoisotopic (exact) mass is 271 g/mol. The fourth-order valence-corrected chi connectivity index (χ4v) is 2.37. The van der Waals surface area contributed by atoms with Crippen molar-refractivity contribution in [2.24, 2.45) is 0 Å². The molecule has 0 amide bonds. The van der Waals surface area contributed by atoms with Gasteiger partial charge in [0, 0.05) is 24.7 Å². The van der Waals surface area contributed by atoms with Crippen molar-refractivity contribution in [2.75, 3.05) is 25.2 Å². The molecule has 18 heavy (non-hydrogen) atoms. The normalized spacial score (nSPS) is 19.3. The van der Waals surface area contributed by atoms with Gasteiger partial charge in [0.1, 0.15) is 12.4 Å². The van der Waals surface area contributed by atoms with Crippen molar-refractivity contribution in [1.29, 1.82) is 0 Å². The van der Waals surface area contributed by atoms with Crippen LogP contribution in [-0.2, 0) is 22.5 Å². The molecular formula is C11H17N3O3S. The van der Waals surface area contributed by atoms with Gasteiger partial charge in [-0.1, -0.05) is 0 Å². The Kier molecular flexibility index (Phi) is 4.60. The Balaban J connectivity index is 2.17. The molecule has 1 saturated heterocycles. The molecular weight excluding hydrogens is 254 g/mol. The number of hydrogen-bond donors (Lipinski definition) is 1. The van der Waals surface area contributed by atoms with Crippen molar-refractivity contribution >= 4 is 17.7 Å². The smallest absolute Gasteiger partial charge is 0.325 e. The highest BCUT2D eigenvalue weighted by Crippen LogP contribution is 2.23. The van der Waals surface area contributed by atoms with Gasteiger partial charge in [-0.25, -0.2) is 9.67 Å². The second kappa shape index (κ2) is 6.19. The number of carboxylic acids is 1. The number of ether oxygens (including phenoxy) is 1. The Morgan fingerprint density at radius 1 is 1.67 bits per heavy atom. The van der Waals surface area contributed by atoms with Crippen LogP contribution in [-0.4, -0.2) is 51.1 Å². The Morgan fingerprint density at radius 3 is 3.11 bits per heavy atom. The number of rotatable bonds is 6. The second-order valence-corrected chi connectivity index (χ2v) is 5.23. The van der Waals surface area contributed by atoms with Gasteiger partial charge in [0.25, 0.3) is 0 Å². The zero-order valence-corrected chi connectivity index (χ0v) is 11.2. The van der Waals surface area contributed by atoms with Gasteiger partial charge in [0.15, 0.2) is 5.82 Å². The van der Waals surface area contributed by atoms with E-state index in [0.717, 1.165) is 30.2 Å². The number of thioether (sulfide) groups is 1. The van der Waals surface area contributed by atoms with Crippen molar-refractivity contribution in [1.82, 2.24) is 14.8 Å². The van der Waals surface area contributed by atoms with Crippen LogP contribution in [0.25, 0.3) is 0 Å². The summed E-state index contributed by atoms with van der Waals surface area (Å²) in [6.07, 6.45) is 3.69. The van der Waals surface area contributed by atoms with Crippen molar-refractivity contribution in [3.8, 4) is 0 Å². The van der Waals surface area contributed by atoms with Crippen LogP contribution < -0.4 is 0 Å². The fraction of sp³-hybridized carbons (Fsp3) is 0.727. The molecule has 7 heteroatoms. The van der Waals surface area contributed by atoms with Crippen LogP contribution in [0.1, 0.15) is 24.0 Å². The molecule has 0 bridgehead atoms. The minimum atomic E-state index is -0.892. The molecule has 1 aliphatic rings. The van der Waals surface area contributed by atoms with Gasteiger partial charge in [0.2, 0.25) is 0 Å². The summed E-state index contributed by atoms with van der Waals surface area (Å²) in [6.45, 7) is 1.20. The van der Waals surface area contributed by atoms with Crippen LogP contribution in [0.5, 0.6) is 0 Å². The van der Waals surface area contributed by atoms with Gasteiger partial charge >= 0.3 is 5.97 Å². The second-order valence-electron chi connectivity index (χ2n) is 4.24. The fourth-order valence-electron chi connectivity index (χ4n) is 1.99. The molecule has 0 radical (unpaired) electrons. The van der Waals surface area contributed by atoms with Gasteiger partial charge in [-0.2, -0.15) is 16.9 Å². The van der Waals surface area contributed by atoms with E-state index >= 15 is 0 Å². The minimum Gasteiger partial charge on any atom is -0.480 e. The number of carbonyl (C=O) groups is 1. The molecule has 1 N–H and O–H groups in total. The maximum absolute atomic E-state index is 10.8. The molecule has 0 aliphatic carbocycles. The number of nitrogens with zero attached hydrogens (tertiary/aromatic N) is 3. The largest absolute Gasteiger partial charge is 0.480 e. The van der Waals surface area contributed by atoms with Gasteiger partial charge in [-0.3, -0.25) is 4.79 Å². The lowest BCUT2D eigenvalue weighted by atomic mass is 10.1. The van der Waals surface area contributed by atoms with Gasteiger partial charge in [0.05, 0.1) is 6.61 Å². The van der Waals surface area contributed by atoms with E-state index in [0.29, 0.717) is 13.2 Å². The van der Waals surface area contributed by atoms with E-state index in [1.54, 1.807) is 11.8 Å². The highest BCUT2D eigenvalue weighted by Gasteiger charge is 2.25. The number of hydrogen-bond acceptors (Lipinski definition) is 5. The Bertz CT molecular complexity index is 416. The van der Waals surface area contributed by atoms with Crippen LogP contribution in [0.15, 0.2) is 0 Å². The summed E-state index contributed by atoms with van der Waals surface area (Å²) < 4.78 is 6.84. The summed E-state index contributed by atoms with van der Waals surface area (Å²) in [4.78, 5) is 15.3. The molecule has 1 aromatic rings. The first-order chi connectivity index (χ1) is 8.70. The van der Waals surface area contributed by atoms with E-state index in [-0.39, 0.29) is 12.5 Å². The van der Waals surface area contributed by atoms with Gasteiger partial charge < -0.3 is 9.84 Å². The molecule has 0 unspecified atom stereocenters. The maximum Gasteiger partial charge on any atom is 0.325 e. The summed E-state index contributed by atoms with van der Waals surface area (Å²) >= 11 is 1.73. The Morgan fingerprint density at radius 2 is 2.50 bits per heavy atom. The Hall–Kier alpha value is -1.08. The van der Waals surface area contributed by atoms with E-state index < -0.39 is 5.97 Å². The van der Waals surface area contributed by atoms with E-state index in [1.165, 1.54) is 4.68 Å². The van der Waals surface area contributed by atoms with E-state index in [9.17, 15) is 4.79 Å². The summed E-state index contributed by atoms with van der Waals surface area (Å²) in [5.41, 5.74) is 0. The van der Waals surface area contributed by atoms with Gasteiger partial charge in [-0.05, 0) is 12.7 Å².